The fraction of sp³-hybridized carbons (Fsp3) is 0.286. The first kappa shape index (κ1) is 17.5. The zero-order chi connectivity index (χ0) is 18.1. The molecule has 1 N–H and O–H groups in total. The third kappa shape index (κ3) is 3.71. The van der Waals surface area contributed by atoms with Gasteiger partial charge in [0.2, 0.25) is 0 Å². The Balaban J connectivity index is 2.31. The van der Waals surface area contributed by atoms with E-state index in [-0.39, 0.29) is 11.0 Å². The standard InChI is InChI=1S/C14H14N4O5S/c1-14(2,3)11-7-24-13(15-11)16-12(19)9-5-4-8(17(20)21)6-10(9)18(22)23/h4-7H,1-3H3,(H,15,16,19). The highest BCUT2D eigenvalue weighted by molar-refractivity contribution is 7.14. The maximum Gasteiger partial charge on any atom is 0.289 e. The Labute approximate surface area is 140 Å². The Bertz CT molecular complexity index is 825. The van der Waals surface area contributed by atoms with Gasteiger partial charge in [0.25, 0.3) is 17.3 Å². The van der Waals surface area contributed by atoms with Crippen LogP contribution < -0.4 is 5.32 Å². The van der Waals surface area contributed by atoms with Crippen molar-refractivity contribution in [2.24, 2.45) is 0 Å². The number of hydrogen-bond donors (Lipinski definition) is 1. The largest absolute Gasteiger partial charge is 0.298 e. The van der Waals surface area contributed by atoms with Gasteiger partial charge in [-0.25, -0.2) is 4.98 Å². The Kier molecular flexibility index (Phi) is 4.60. The van der Waals surface area contributed by atoms with Gasteiger partial charge in [-0.05, 0) is 6.07 Å². The average molecular weight is 350 g/mol. The van der Waals surface area contributed by atoms with Gasteiger partial charge in [0, 0.05) is 16.9 Å². The minimum absolute atomic E-state index is 0.196. The van der Waals surface area contributed by atoms with E-state index in [1.807, 2.05) is 20.8 Å². The van der Waals surface area contributed by atoms with Crippen molar-refractivity contribution in [2.45, 2.75) is 26.2 Å². The number of nitro benzene ring substituents is 2. The number of non-ortho nitro benzene ring substituents is 1. The summed E-state index contributed by atoms with van der Waals surface area (Å²) in [5.74, 6) is -0.744. The molecule has 0 aliphatic rings. The van der Waals surface area contributed by atoms with Crippen LogP contribution in [-0.4, -0.2) is 20.7 Å². The smallest absolute Gasteiger partial charge is 0.289 e. The minimum Gasteiger partial charge on any atom is -0.298 e. The van der Waals surface area contributed by atoms with Crippen molar-refractivity contribution in [2.75, 3.05) is 5.32 Å². The number of amides is 1. The van der Waals surface area contributed by atoms with Gasteiger partial charge in [0.15, 0.2) is 5.13 Å². The molecule has 0 radical (unpaired) electrons. The topological polar surface area (TPSA) is 128 Å². The number of thiazole rings is 1. The van der Waals surface area contributed by atoms with Gasteiger partial charge in [-0.3, -0.25) is 30.3 Å². The third-order valence-corrected chi connectivity index (χ3v) is 3.88. The lowest BCUT2D eigenvalue weighted by atomic mass is 9.93. The molecule has 2 aromatic rings. The third-order valence-electron chi connectivity index (χ3n) is 3.13. The number of nitrogens with zero attached hydrogens (tertiary/aromatic N) is 3. The maximum atomic E-state index is 12.3. The number of carbonyl (C=O) groups excluding carboxylic acids is 1. The van der Waals surface area contributed by atoms with Gasteiger partial charge < -0.3 is 0 Å². The number of carbonyl (C=O) groups is 1. The number of nitro groups is 2. The van der Waals surface area contributed by atoms with Gasteiger partial charge in [0.05, 0.1) is 21.6 Å². The second-order valence-corrected chi connectivity index (χ2v) is 6.82. The lowest BCUT2D eigenvalue weighted by Crippen LogP contribution is -2.15. The Morgan fingerprint density at radius 2 is 1.88 bits per heavy atom. The zero-order valence-corrected chi connectivity index (χ0v) is 13.9. The van der Waals surface area contributed by atoms with Gasteiger partial charge in [0.1, 0.15) is 5.56 Å². The van der Waals surface area contributed by atoms with E-state index in [2.05, 4.69) is 10.3 Å². The molecule has 9 nitrogen and oxygen atoms in total. The first-order valence-corrected chi connectivity index (χ1v) is 7.68. The van der Waals surface area contributed by atoms with Gasteiger partial charge in [-0.1, -0.05) is 20.8 Å². The molecule has 1 heterocycles. The summed E-state index contributed by atoms with van der Waals surface area (Å²) in [5.41, 5.74) is -0.769. The molecule has 0 fully saturated rings. The molecule has 0 bridgehead atoms. The summed E-state index contributed by atoms with van der Waals surface area (Å²) < 4.78 is 0. The average Bonchev–Trinajstić information content (AvgIpc) is 2.95. The number of nitrogens with one attached hydrogen (secondary N) is 1. The minimum atomic E-state index is -0.829. The van der Waals surface area contributed by atoms with Crippen molar-refractivity contribution >= 4 is 33.8 Å². The molecule has 10 heteroatoms. The van der Waals surface area contributed by atoms with Crippen molar-refractivity contribution < 1.29 is 14.6 Å². The summed E-state index contributed by atoms with van der Waals surface area (Å²) in [6.45, 7) is 5.90. The lowest BCUT2D eigenvalue weighted by molar-refractivity contribution is -0.394. The van der Waals surface area contributed by atoms with E-state index in [4.69, 9.17) is 0 Å². The number of rotatable bonds is 4. The quantitative estimate of drug-likeness (QED) is 0.663. The second-order valence-electron chi connectivity index (χ2n) is 5.96. The fourth-order valence-corrected chi connectivity index (χ4v) is 2.75. The molecule has 24 heavy (non-hydrogen) atoms. The molecule has 1 aromatic heterocycles. The molecule has 0 unspecified atom stereocenters. The van der Waals surface area contributed by atoms with E-state index in [9.17, 15) is 25.0 Å². The van der Waals surface area contributed by atoms with Crippen LogP contribution in [0.2, 0.25) is 0 Å². The monoisotopic (exact) mass is 350 g/mol. The summed E-state index contributed by atoms with van der Waals surface area (Å²) in [6.07, 6.45) is 0. The van der Waals surface area contributed by atoms with E-state index in [0.29, 0.717) is 5.13 Å². The van der Waals surface area contributed by atoms with E-state index in [0.717, 1.165) is 23.9 Å². The normalized spacial score (nSPS) is 11.1. The predicted molar refractivity (Wildman–Crippen MR) is 88.5 cm³/mol. The van der Waals surface area contributed by atoms with E-state index < -0.39 is 27.1 Å². The van der Waals surface area contributed by atoms with Crippen LogP contribution in [0.4, 0.5) is 16.5 Å². The molecule has 0 atom stereocenters. The van der Waals surface area contributed by atoms with Crippen molar-refractivity contribution in [3.8, 4) is 0 Å². The molecule has 0 spiro atoms. The Morgan fingerprint density at radius 3 is 2.38 bits per heavy atom. The van der Waals surface area contributed by atoms with Crippen molar-refractivity contribution in [1.29, 1.82) is 0 Å². The summed E-state index contributed by atoms with van der Waals surface area (Å²) in [5, 5.41) is 26.4. The molecule has 126 valence electrons. The molecular weight excluding hydrogens is 336 g/mol. The zero-order valence-electron chi connectivity index (χ0n) is 13.1. The molecule has 0 aliphatic carbocycles. The summed E-state index contributed by atoms with van der Waals surface area (Å²) in [4.78, 5) is 36.7. The van der Waals surface area contributed by atoms with Crippen LogP contribution in [0.5, 0.6) is 0 Å². The van der Waals surface area contributed by atoms with E-state index in [1.54, 1.807) is 5.38 Å². The maximum absolute atomic E-state index is 12.3. The fourth-order valence-electron chi connectivity index (χ4n) is 1.82. The first-order chi connectivity index (χ1) is 11.1. The molecule has 1 amide bonds. The van der Waals surface area contributed by atoms with Crippen LogP contribution in [0.15, 0.2) is 23.6 Å². The lowest BCUT2D eigenvalue weighted by Gasteiger charge is -2.14. The number of benzene rings is 1. The van der Waals surface area contributed by atoms with E-state index >= 15 is 0 Å². The molecule has 0 saturated heterocycles. The molecule has 0 saturated carbocycles. The summed E-state index contributed by atoms with van der Waals surface area (Å²) in [7, 11) is 0. The van der Waals surface area contributed by atoms with Crippen LogP contribution >= 0.6 is 11.3 Å². The van der Waals surface area contributed by atoms with E-state index in [1.165, 1.54) is 11.3 Å². The van der Waals surface area contributed by atoms with Crippen LogP contribution in [0.1, 0.15) is 36.8 Å². The van der Waals surface area contributed by atoms with Gasteiger partial charge in [-0.15, -0.1) is 11.3 Å². The SMILES string of the molecule is CC(C)(C)c1csc(NC(=O)c2ccc([N+](=O)[O-])cc2[N+](=O)[O-])n1. The Hall–Kier alpha value is -2.88. The number of aromatic nitrogens is 1. The van der Waals surface area contributed by atoms with Crippen molar-refractivity contribution in [3.05, 3.63) is 55.1 Å². The molecule has 1 aromatic carbocycles. The van der Waals surface area contributed by atoms with Crippen LogP contribution in [0.25, 0.3) is 0 Å². The molecular formula is C14H14N4O5S. The second kappa shape index (κ2) is 6.32. The van der Waals surface area contributed by atoms with Crippen LogP contribution in [0, 0.1) is 20.2 Å². The highest BCUT2D eigenvalue weighted by Gasteiger charge is 2.25. The highest BCUT2D eigenvalue weighted by atomic mass is 32.1. The number of hydrogen-bond acceptors (Lipinski definition) is 7. The van der Waals surface area contributed by atoms with Crippen molar-refractivity contribution in [3.63, 3.8) is 0 Å². The van der Waals surface area contributed by atoms with Crippen molar-refractivity contribution in [1.82, 2.24) is 4.98 Å². The molecule has 2 rings (SSSR count). The van der Waals surface area contributed by atoms with Crippen LogP contribution in [-0.2, 0) is 5.41 Å². The summed E-state index contributed by atoms with van der Waals surface area (Å²) in [6, 6.07) is 2.87. The highest BCUT2D eigenvalue weighted by Crippen LogP contribution is 2.28. The Morgan fingerprint density at radius 1 is 1.21 bits per heavy atom. The summed E-state index contributed by atoms with van der Waals surface area (Å²) >= 11 is 1.20. The van der Waals surface area contributed by atoms with Crippen LogP contribution in [0.3, 0.4) is 0 Å². The predicted octanol–water partition coefficient (Wildman–Crippen LogP) is 3.51. The molecule has 0 aliphatic heterocycles. The number of anilines is 1. The van der Waals surface area contributed by atoms with Gasteiger partial charge in [-0.2, -0.15) is 0 Å². The van der Waals surface area contributed by atoms with Gasteiger partial charge >= 0.3 is 0 Å². The first-order valence-electron chi connectivity index (χ1n) is 6.80.